The molecule has 0 saturated heterocycles. The molecule has 0 aromatic heterocycles. The molecule has 0 atom stereocenters. The van der Waals surface area contributed by atoms with E-state index in [2.05, 4.69) is 10.6 Å². The minimum atomic E-state index is -2.17. The molecule has 0 heterocycles. The van der Waals surface area contributed by atoms with E-state index in [1.54, 1.807) is 14.1 Å². The number of amides is 2. The van der Waals surface area contributed by atoms with Gasteiger partial charge in [0.15, 0.2) is 0 Å². The van der Waals surface area contributed by atoms with Gasteiger partial charge in [0.05, 0.1) is 0 Å². The molecule has 0 radical (unpaired) electrons. The lowest BCUT2D eigenvalue weighted by Gasteiger charge is -1.99. The maximum atomic E-state index is 9.96. The monoisotopic (exact) mass is 250 g/mol. The molecule has 5 nitrogen and oxygen atoms in total. The normalized spacial score (nSPS) is 9.31. The van der Waals surface area contributed by atoms with Crippen LogP contribution in [-0.2, 0) is 4.79 Å². The summed E-state index contributed by atoms with van der Waals surface area (Å²) in [4.78, 5) is 19.6. The highest BCUT2D eigenvalue weighted by Gasteiger charge is 2.29. The number of rotatable bonds is 0. The van der Waals surface area contributed by atoms with Crippen molar-refractivity contribution in [3.05, 3.63) is 0 Å². The summed E-state index contributed by atoms with van der Waals surface area (Å²) >= 11 is 14.4. The standard InChI is InChI=1S/C3H8N2O.C2HCl3O2/c1-4-3(6)5-2;3-2(4,5)1(6)7/h1-2H3,(H2,4,5,6);(H,6,7). The Balaban J connectivity index is 0. The molecular formula is C5H9Cl3N2O3. The molecule has 0 aromatic carbocycles. The highest BCUT2D eigenvalue weighted by Crippen LogP contribution is 2.25. The summed E-state index contributed by atoms with van der Waals surface area (Å²) < 4.78 is -2.17. The van der Waals surface area contributed by atoms with Crippen LogP contribution in [0.4, 0.5) is 4.79 Å². The van der Waals surface area contributed by atoms with Gasteiger partial charge in [0, 0.05) is 14.1 Å². The minimum Gasteiger partial charge on any atom is -0.478 e. The molecule has 0 aromatic rings. The fourth-order valence-corrected chi connectivity index (χ4v) is 0.125. The first kappa shape index (κ1) is 15.1. The zero-order valence-corrected chi connectivity index (χ0v) is 9.17. The van der Waals surface area contributed by atoms with E-state index in [9.17, 15) is 9.59 Å². The third-order valence-electron chi connectivity index (χ3n) is 0.697. The van der Waals surface area contributed by atoms with Crippen LogP contribution >= 0.6 is 34.8 Å². The number of halogens is 3. The van der Waals surface area contributed by atoms with Gasteiger partial charge in [0.25, 0.3) is 3.79 Å². The predicted octanol–water partition coefficient (Wildman–Crippen LogP) is 0.986. The predicted molar refractivity (Wildman–Crippen MR) is 51.4 cm³/mol. The molecule has 13 heavy (non-hydrogen) atoms. The van der Waals surface area contributed by atoms with Crippen LogP contribution in [0.1, 0.15) is 0 Å². The number of carbonyl (C=O) groups is 2. The number of urea groups is 1. The molecule has 0 spiro atoms. The zero-order valence-electron chi connectivity index (χ0n) is 6.90. The van der Waals surface area contributed by atoms with Crippen molar-refractivity contribution in [3.63, 3.8) is 0 Å². The fraction of sp³-hybridized carbons (Fsp3) is 0.600. The quantitative estimate of drug-likeness (QED) is 0.562. The van der Waals surface area contributed by atoms with Gasteiger partial charge in [-0.2, -0.15) is 0 Å². The number of hydrogen-bond donors (Lipinski definition) is 3. The first-order valence-electron chi connectivity index (χ1n) is 2.95. The summed E-state index contributed by atoms with van der Waals surface area (Å²) in [5.41, 5.74) is 0. The summed E-state index contributed by atoms with van der Waals surface area (Å²) in [6.45, 7) is 0. The average Bonchev–Trinajstić information content (AvgIpc) is 2.02. The van der Waals surface area contributed by atoms with Crippen molar-refractivity contribution < 1.29 is 14.7 Å². The molecule has 0 rings (SSSR count). The van der Waals surface area contributed by atoms with E-state index in [0.29, 0.717) is 0 Å². The molecule has 2 amide bonds. The van der Waals surface area contributed by atoms with E-state index in [-0.39, 0.29) is 6.03 Å². The second-order valence-electron chi connectivity index (χ2n) is 1.63. The van der Waals surface area contributed by atoms with Gasteiger partial charge in [-0.15, -0.1) is 0 Å². The zero-order chi connectivity index (χ0) is 11.1. The van der Waals surface area contributed by atoms with Crippen LogP contribution in [0.3, 0.4) is 0 Å². The number of carboxylic acids is 1. The van der Waals surface area contributed by atoms with Gasteiger partial charge in [-0.05, 0) is 0 Å². The Morgan fingerprint density at radius 1 is 1.15 bits per heavy atom. The smallest absolute Gasteiger partial charge is 0.356 e. The van der Waals surface area contributed by atoms with E-state index in [4.69, 9.17) is 39.9 Å². The molecule has 0 unspecified atom stereocenters. The van der Waals surface area contributed by atoms with Crippen molar-refractivity contribution in [2.75, 3.05) is 14.1 Å². The van der Waals surface area contributed by atoms with Crippen molar-refractivity contribution in [1.29, 1.82) is 0 Å². The van der Waals surface area contributed by atoms with Gasteiger partial charge in [0.1, 0.15) is 0 Å². The molecule has 0 saturated carbocycles. The van der Waals surface area contributed by atoms with Crippen molar-refractivity contribution in [3.8, 4) is 0 Å². The molecule has 0 bridgehead atoms. The summed E-state index contributed by atoms with van der Waals surface area (Å²) in [7, 11) is 3.14. The highest BCUT2D eigenvalue weighted by molar-refractivity contribution is 6.75. The number of aliphatic carboxylic acids is 1. The Morgan fingerprint density at radius 3 is 1.38 bits per heavy atom. The van der Waals surface area contributed by atoms with Gasteiger partial charge < -0.3 is 15.7 Å². The Bertz CT molecular complexity index is 174. The lowest BCUT2D eigenvalue weighted by molar-refractivity contribution is -0.135. The summed E-state index contributed by atoms with van der Waals surface area (Å²) in [5.74, 6) is -1.46. The van der Waals surface area contributed by atoms with E-state index in [1.807, 2.05) is 0 Å². The van der Waals surface area contributed by atoms with Crippen LogP contribution in [0.2, 0.25) is 0 Å². The Labute approximate surface area is 90.3 Å². The number of hydrogen-bond acceptors (Lipinski definition) is 2. The van der Waals surface area contributed by atoms with Crippen molar-refractivity contribution >= 4 is 46.8 Å². The molecule has 0 aliphatic heterocycles. The number of nitrogens with one attached hydrogen (secondary N) is 2. The van der Waals surface area contributed by atoms with Gasteiger partial charge >= 0.3 is 12.0 Å². The highest BCUT2D eigenvalue weighted by atomic mass is 35.6. The molecule has 78 valence electrons. The van der Waals surface area contributed by atoms with Gasteiger partial charge in [-0.1, -0.05) is 34.8 Å². The SMILES string of the molecule is CNC(=O)NC.O=C(O)C(Cl)(Cl)Cl. The van der Waals surface area contributed by atoms with Crippen molar-refractivity contribution in [1.82, 2.24) is 10.6 Å². The topological polar surface area (TPSA) is 78.4 Å². The fourth-order valence-electron chi connectivity index (χ4n) is 0.125. The molecule has 8 heteroatoms. The van der Waals surface area contributed by atoms with Crippen LogP contribution in [0.15, 0.2) is 0 Å². The van der Waals surface area contributed by atoms with E-state index < -0.39 is 9.76 Å². The number of carboxylic acid groups (broad SMARTS) is 1. The maximum absolute atomic E-state index is 9.96. The van der Waals surface area contributed by atoms with E-state index in [1.165, 1.54) is 0 Å². The molecule has 0 fully saturated rings. The molecule has 3 N–H and O–H groups in total. The van der Waals surface area contributed by atoms with Crippen LogP contribution in [0.25, 0.3) is 0 Å². The number of carbonyl (C=O) groups excluding carboxylic acids is 1. The largest absolute Gasteiger partial charge is 0.478 e. The molecular weight excluding hydrogens is 242 g/mol. The van der Waals surface area contributed by atoms with Gasteiger partial charge in [0.2, 0.25) is 0 Å². The summed E-state index contributed by atoms with van der Waals surface area (Å²) in [5, 5.41) is 12.6. The van der Waals surface area contributed by atoms with E-state index >= 15 is 0 Å². The third-order valence-corrected chi connectivity index (χ3v) is 1.18. The first-order chi connectivity index (χ1) is 5.75. The minimum absolute atomic E-state index is 0.157. The summed E-state index contributed by atoms with van der Waals surface area (Å²) in [6, 6.07) is -0.157. The van der Waals surface area contributed by atoms with Gasteiger partial charge in [-0.25, -0.2) is 9.59 Å². The number of alkyl halides is 3. The third kappa shape index (κ3) is 11.6. The Hall–Kier alpha value is -0.390. The summed E-state index contributed by atoms with van der Waals surface area (Å²) in [6.07, 6.45) is 0. The Kier molecular flexibility index (Phi) is 8.20. The van der Waals surface area contributed by atoms with Crippen LogP contribution in [-0.4, -0.2) is 35.0 Å². The van der Waals surface area contributed by atoms with E-state index in [0.717, 1.165) is 0 Å². The lowest BCUT2D eigenvalue weighted by atomic mass is 10.8. The first-order valence-corrected chi connectivity index (χ1v) is 4.08. The van der Waals surface area contributed by atoms with Crippen LogP contribution < -0.4 is 10.6 Å². The molecule has 0 aliphatic rings. The average molecular weight is 251 g/mol. The maximum Gasteiger partial charge on any atom is 0.356 e. The second kappa shape index (κ2) is 7.06. The van der Waals surface area contributed by atoms with Crippen LogP contribution in [0, 0.1) is 0 Å². The van der Waals surface area contributed by atoms with Crippen LogP contribution in [0.5, 0.6) is 0 Å². The van der Waals surface area contributed by atoms with Crippen molar-refractivity contribution in [2.45, 2.75) is 3.79 Å². The van der Waals surface area contributed by atoms with Gasteiger partial charge in [-0.3, -0.25) is 0 Å². The molecule has 0 aliphatic carbocycles. The lowest BCUT2D eigenvalue weighted by Crippen LogP contribution is -2.28. The van der Waals surface area contributed by atoms with Crippen molar-refractivity contribution in [2.24, 2.45) is 0 Å². The second-order valence-corrected chi connectivity index (χ2v) is 3.91. The Morgan fingerprint density at radius 2 is 1.38 bits per heavy atom.